The number of hydrogen-bond donors (Lipinski definition) is 1. The maximum atomic E-state index is 12.9. The van der Waals surface area contributed by atoms with E-state index < -0.39 is 0 Å². The van der Waals surface area contributed by atoms with Crippen molar-refractivity contribution in [2.75, 3.05) is 0 Å². The van der Waals surface area contributed by atoms with Gasteiger partial charge in [0, 0.05) is 27.1 Å². The first-order chi connectivity index (χ1) is 14.1. The van der Waals surface area contributed by atoms with Crippen molar-refractivity contribution in [3.05, 3.63) is 90.5 Å². The van der Waals surface area contributed by atoms with Gasteiger partial charge in [0.15, 0.2) is 5.82 Å². The van der Waals surface area contributed by atoms with Crippen LogP contribution in [0.15, 0.2) is 64.3 Å². The van der Waals surface area contributed by atoms with Gasteiger partial charge >= 0.3 is 5.69 Å². The van der Waals surface area contributed by atoms with Crippen LogP contribution in [-0.2, 0) is 24.5 Å². The Labute approximate surface area is 180 Å². The van der Waals surface area contributed by atoms with E-state index in [0.717, 1.165) is 14.5 Å². The molecule has 1 N–H and O–H groups in total. The Balaban J connectivity index is 1.66. The van der Waals surface area contributed by atoms with Crippen LogP contribution in [0, 0.1) is 3.57 Å². The number of benzene rings is 2. The predicted molar refractivity (Wildman–Crippen MR) is 119 cm³/mol. The van der Waals surface area contributed by atoms with Gasteiger partial charge in [-0.3, -0.25) is 9.36 Å². The van der Waals surface area contributed by atoms with E-state index in [0.29, 0.717) is 30.0 Å². The first kappa shape index (κ1) is 19.6. The molecule has 148 valence electrons. The molecular weight excluding hydrogens is 483 g/mol. The van der Waals surface area contributed by atoms with Crippen molar-refractivity contribution >= 4 is 33.4 Å². The molecule has 0 amide bonds. The van der Waals surface area contributed by atoms with Crippen LogP contribution in [0.25, 0.3) is 16.5 Å². The number of fused-ring (bicyclic) bond motifs is 1. The highest BCUT2D eigenvalue weighted by Gasteiger charge is 2.15. The fourth-order valence-electron chi connectivity index (χ4n) is 3.21. The molecule has 0 spiro atoms. The van der Waals surface area contributed by atoms with E-state index in [2.05, 4.69) is 32.7 Å². The first-order valence-electron chi connectivity index (χ1n) is 9.20. The summed E-state index contributed by atoms with van der Waals surface area (Å²) in [5.74, 6) is 0.564. The molecule has 29 heavy (non-hydrogen) atoms. The summed E-state index contributed by atoms with van der Waals surface area (Å²) in [6, 6.07) is 15.1. The number of ether oxygens (including phenoxy) is 1. The Morgan fingerprint density at radius 1 is 1.07 bits per heavy atom. The smallest absolute Gasteiger partial charge is 0.350 e. The molecule has 2 aromatic heterocycles. The molecule has 8 heteroatoms. The van der Waals surface area contributed by atoms with Gasteiger partial charge < -0.3 is 9.72 Å². The standard InChI is InChI=1S/C21H19IN4O3/c1-2-25-19(13-29-12-14-6-4-3-5-7-14)24-26(21(25)28)15-8-9-16-17(10-15)18(22)11-23-20(16)27/h3-11H,2,12-13H2,1H3,(H,23,27). The largest absolute Gasteiger partial charge is 0.369 e. The van der Waals surface area contributed by atoms with Crippen molar-refractivity contribution in [3.63, 3.8) is 0 Å². The zero-order valence-corrected chi connectivity index (χ0v) is 17.9. The third-order valence-corrected chi connectivity index (χ3v) is 5.57. The minimum atomic E-state index is -0.231. The van der Waals surface area contributed by atoms with Crippen LogP contribution in [0.5, 0.6) is 0 Å². The summed E-state index contributed by atoms with van der Waals surface area (Å²) in [4.78, 5) is 27.6. The van der Waals surface area contributed by atoms with Crippen LogP contribution in [0.1, 0.15) is 18.3 Å². The first-order valence-corrected chi connectivity index (χ1v) is 10.3. The molecule has 0 aliphatic heterocycles. The van der Waals surface area contributed by atoms with Gasteiger partial charge in [-0.1, -0.05) is 30.3 Å². The van der Waals surface area contributed by atoms with E-state index in [4.69, 9.17) is 4.74 Å². The van der Waals surface area contributed by atoms with Crippen molar-refractivity contribution in [2.45, 2.75) is 26.7 Å². The lowest BCUT2D eigenvalue weighted by Gasteiger charge is -2.04. The van der Waals surface area contributed by atoms with Crippen LogP contribution in [0.3, 0.4) is 0 Å². The van der Waals surface area contributed by atoms with E-state index in [1.54, 1.807) is 22.9 Å². The van der Waals surface area contributed by atoms with Gasteiger partial charge in [0.25, 0.3) is 5.56 Å². The number of H-pyrrole nitrogens is 1. The number of hydrogen-bond acceptors (Lipinski definition) is 4. The van der Waals surface area contributed by atoms with Gasteiger partial charge in [-0.15, -0.1) is 5.10 Å². The minimum Gasteiger partial charge on any atom is -0.369 e. The lowest BCUT2D eigenvalue weighted by atomic mass is 10.1. The average molecular weight is 502 g/mol. The minimum absolute atomic E-state index is 0.159. The topological polar surface area (TPSA) is 81.9 Å². The molecule has 7 nitrogen and oxygen atoms in total. The van der Waals surface area contributed by atoms with Crippen molar-refractivity contribution in [3.8, 4) is 5.69 Å². The summed E-state index contributed by atoms with van der Waals surface area (Å²) in [7, 11) is 0. The van der Waals surface area contributed by atoms with Gasteiger partial charge in [-0.2, -0.15) is 4.68 Å². The summed E-state index contributed by atoms with van der Waals surface area (Å²) < 4.78 is 9.63. The quantitative estimate of drug-likeness (QED) is 0.411. The van der Waals surface area contributed by atoms with Crippen LogP contribution in [0.4, 0.5) is 0 Å². The third kappa shape index (κ3) is 3.90. The molecular formula is C21H19IN4O3. The zero-order chi connectivity index (χ0) is 20.4. The van der Waals surface area contributed by atoms with E-state index in [9.17, 15) is 9.59 Å². The Hall–Kier alpha value is -2.72. The van der Waals surface area contributed by atoms with E-state index in [-0.39, 0.29) is 17.9 Å². The van der Waals surface area contributed by atoms with Crippen molar-refractivity contribution in [2.24, 2.45) is 0 Å². The number of aromatic nitrogens is 4. The molecule has 0 aliphatic rings. The Morgan fingerprint density at radius 3 is 2.62 bits per heavy atom. The van der Waals surface area contributed by atoms with Crippen molar-refractivity contribution in [1.29, 1.82) is 0 Å². The Bertz CT molecular complexity index is 1270. The van der Waals surface area contributed by atoms with Crippen molar-refractivity contribution < 1.29 is 4.74 Å². The molecule has 0 aliphatic carbocycles. The summed E-state index contributed by atoms with van der Waals surface area (Å²) in [6.07, 6.45) is 1.66. The van der Waals surface area contributed by atoms with Gasteiger partial charge in [0.2, 0.25) is 0 Å². The summed E-state index contributed by atoms with van der Waals surface area (Å²) in [6.45, 7) is 3.07. The number of nitrogens with one attached hydrogen (secondary N) is 1. The highest BCUT2D eigenvalue weighted by molar-refractivity contribution is 14.1. The Morgan fingerprint density at radius 2 is 1.86 bits per heavy atom. The third-order valence-electron chi connectivity index (χ3n) is 4.68. The summed E-state index contributed by atoms with van der Waals surface area (Å²) in [5, 5.41) is 5.86. The van der Waals surface area contributed by atoms with Crippen LogP contribution < -0.4 is 11.2 Å². The normalized spacial score (nSPS) is 11.2. The molecule has 0 saturated heterocycles. The fraction of sp³-hybridized carbons (Fsp3) is 0.190. The van der Waals surface area contributed by atoms with Gasteiger partial charge in [0.1, 0.15) is 6.61 Å². The number of aromatic amines is 1. The monoisotopic (exact) mass is 502 g/mol. The molecule has 4 rings (SSSR count). The zero-order valence-electron chi connectivity index (χ0n) is 15.8. The SMILES string of the molecule is CCn1c(COCc2ccccc2)nn(-c2ccc3c(=O)[nH]cc(I)c3c2)c1=O. The number of nitrogens with zero attached hydrogens (tertiary/aromatic N) is 3. The van der Waals surface area contributed by atoms with Gasteiger partial charge in [-0.05, 0) is 53.3 Å². The van der Waals surface area contributed by atoms with Crippen molar-refractivity contribution in [1.82, 2.24) is 19.3 Å². The molecule has 4 aromatic rings. The lowest BCUT2D eigenvalue weighted by molar-refractivity contribution is 0.0989. The molecule has 0 saturated carbocycles. The second kappa shape index (κ2) is 8.34. The summed E-state index contributed by atoms with van der Waals surface area (Å²) >= 11 is 2.16. The number of halogens is 1. The number of rotatable bonds is 6. The second-order valence-electron chi connectivity index (χ2n) is 6.53. The maximum Gasteiger partial charge on any atom is 0.350 e. The van der Waals surface area contributed by atoms with E-state index >= 15 is 0 Å². The second-order valence-corrected chi connectivity index (χ2v) is 7.69. The lowest BCUT2D eigenvalue weighted by Crippen LogP contribution is -2.24. The molecule has 2 heterocycles. The molecule has 0 atom stereocenters. The maximum absolute atomic E-state index is 12.9. The van der Waals surface area contributed by atoms with Gasteiger partial charge in [-0.25, -0.2) is 4.79 Å². The highest BCUT2D eigenvalue weighted by Crippen LogP contribution is 2.20. The fourth-order valence-corrected chi connectivity index (χ4v) is 3.81. The predicted octanol–water partition coefficient (Wildman–Crippen LogP) is 3.22. The molecule has 0 unspecified atom stereocenters. The number of pyridine rings is 1. The van der Waals surface area contributed by atoms with Crippen LogP contribution >= 0.6 is 22.6 Å². The average Bonchev–Trinajstić information content (AvgIpc) is 3.06. The summed E-state index contributed by atoms with van der Waals surface area (Å²) in [5.41, 5.74) is 1.28. The highest BCUT2D eigenvalue weighted by atomic mass is 127. The van der Waals surface area contributed by atoms with Crippen LogP contribution in [-0.4, -0.2) is 19.3 Å². The van der Waals surface area contributed by atoms with Gasteiger partial charge in [0.05, 0.1) is 12.3 Å². The Kier molecular flexibility index (Phi) is 5.63. The molecule has 0 fully saturated rings. The van der Waals surface area contributed by atoms with E-state index in [1.165, 1.54) is 4.68 Å². The van der Waals surface area contributed by atoms with E-state index in [1.807, 2.05) is 43.3 Å². The molecule has 0 bridgehead atoms. The molecule has 0 radical (unpaired) electrons. The molecule has 2 aromatic carbocycles. The van der Waals surface area contributed by atoms with Crippen LogP contribution in [0.2, 0.25) is 0 Å².